The highest BCUT2D eigenvalue weighted by atomic mass is 16.3. The van der Waals surface area contributed by atoms with Crippen LogP contribution in [-0.2, 0) is 13.7 Å². The lowest BCUT2D eigenvalue weighted by molar-refractivity contribution is 0.283. The summed E-state index contributed by atoms with van der Waals surface area (Å²) in [5.74, 6) is 0. The van der Waals surface area contributed by atoms with Crippen molar-refractivity contribution in [2.75, 3.05) is 0 Å². The molecule has 1 N–H and O–H groups in total. The monoisotopic (exact) mass is 253 g/mol. The molecular weight excluding hydrogens is 238 g/mol. The van der Waals surface area contributed by atoms with E-state index in [2.05, 4.69) is 10.1 Å². The van der Waals surface area contributed by atoms with Crippen LogP contribution in [0.15, 0.2) is 36.5 Å². The average molecular weight is 253 g/mol. The number of aromatic nitrogens is 3. The van der Waals surface area contributed by atoms with Crippen molar-refractivity contribution in [3.8, 4) is 11.3 Å². The molecule has 3 rings (SSSR count). The van der Waals surface area contributed by atoms with Crippen LogP contribution in [0.5, 0.6) is 0 Å². The van der Waals surface area contributed by atoms with Gasteiger partial charge in [0, 0.05) is 24.2 Å². The number of pyridine rings is 1. The third-order valence-corrected chi connectivity index (χ3v) is 3.26. The van der Waals surface area contributed by atoms with E-state index in [-0.39, 0.29) is 6.61 Å². The number of aryl methyl sites for hydroxylation is 2. The lowest BCUT2D eigenvalue weighted by Gasteiger charge is -2.07. The van der Waals surface area contributed by atoms with Crippen LogP contribution < -0.4 is 0 Å². The first-order valence-corrected chi connectivity index (χ1v) is 6.19. The second-order valence-electron chi connectivity index (χ2n) is 4.64. The Balaban J connectivity index is 2.28. The van der Waals surface area contributed by atoms with E-state index in [1.54, 1.807) is 4.68 Å². The summed E-state index contributed by atoms with van der Waals surface area (Å²) in [4.78, 5) is 4.66. The fourth-order valence-electron chi connectivity index (χ4n) is 2.37. The molecule has 0 aliphatic rings. The molecule has 2 aromatic heterocycles. The molecule has 2 heterocycles. The SMILES string of the molecule is Cc1nn(C)cc1-c1cc(CO)c2ccccc2n1. The zero-order valence-corrected chi connectivity index (χ0v) is 11.0. The molecule has 0 amide bonds. The Kier molecular flexibility index (Phi) is 2.80. The van der Waals surface area contributed by atoms with Crippen molar-refractivity contribution < 1.29 is 5.11 Å². The van der Waals surface area contributed by atoms with Crippen molar-refractivity contribution in [1.82, 2.24) is 14.8 Å². The van der Waals surface area contributed by atoms with Gasteiger partial charge in [0.15, 0.2) is 0 Å². The minimum absolute atomic E-state index is 0.00927. The van der Waals surface area contributed by atoms with E-state index in [4.69, 9.17) is 0 Å². The number of benzene rings is 1. The maximum Gasteiger partial charge on any atom is 0.0747 e. The second-order valence-corrected chi connectivity index (χ2v) is 4.64. The zero-order valence-electron chi connectivity index (χ0n) is 11.0. The Morgan fingerprint density at radius 2 is 2.05 bits per heavy atom. The molecule has 0 aliphatic carbocycles. The van der Waals surface area contributed by atoms with Crippen molar-refractivity contribution in [3.05, 3.63) is 47.8 Å². The molecule has 0 bridgehead atoms. The number of aliphatic hydroxyl groups excluding tert-OH is 1. The van der Waals surface area contributed by atoms with Crippen LogP contribution in [0.2, 0.25) is 0 Å². The van der Waals surface area contributed by atoms with E-state index in [0.29, 0.717) is 0 Å². The minimum atomic E-state index is 0.00927. The van der Waals surface area contributed by atoms with Gasteiger partial charge in [0.25, 0.3) is 0 Å². The summed E-state index contributed by atoms with van der Waals surface area (Å²) >= 11 is 0. The lowest BCUT2D eigenvalue weighted by Crippen LogP contribution is -1.92. The zero-order chi connectivity index (χ0) is 13.4. The highest BCUT2D eigenvalue weighted by Gasteiger charge is 2.11. The number of rotatable bonds is 2. The van der Waals surface area contributed by atoms with Crippen LogP contribution in [-0.4, -0.2) is 19.9 Å². The quantitative estimate of drug-likeness (QED) is 0.763. The van der Waals surface area contributed by atoms with Gasteiger partial charge in [0.1, 0.15) is 0 Å². The van der Waals surface area contributed by atoms with Crippen LogP contribution in [0.25, 0.3) is 22.2 Å². The molecule has 0 unspecified atom stereocenters. The third-order valence-electron chi connectivity index (χ3n) is 3.26. The topological polar surface area (TPSA) is 50.9 Å². The van der Waals surface area contributed by atoms with Gasteiger partial charge < -0.3 is 5.11 Å². The van der Waals surface area contributed by atoms with E-state index in [0.717, 1.165) is 33.4 Å². The van der Waals surface area contributed by atoms with Crippen molar-refractivity contribution in [2.45, 2.75) is 13.5 Å². The summed E-state index contributed by atoms with van der Waals surface area (Å²) in [7, 11) is 1.89. The highest BCUT2D eigenvalue weighted by Crippen LogP contribution is 2.26. The average Bonchev–Trinajstić information content (AvgIpc) is 2.76. The van der Waals surface area contributed by atoms with Crippen LogP contribution in [0, 0.1) is 6.92 Å². The first kappa shape index (κ1) is 11.9. The molecular formula is C15H15N3O. The molecule has 0 fully saturated rings. The molecule has 4 nitrogen and oxygen atoms in total. The van der Waals surface area contributed by atoms with E-state index < -0.39 is 0 Å². The number of nitrogens with zero attached hydrogens (tertiary/aromatic N) is 3. The van der Waals surface area contributed by atoms with E-state index in [9.17, 15) is 5.11 Å². The lowest BCUT2D eigenvalue weighted by atomic mass is 10.1. The van der Waals surface area contributed by atoms with E-state index in [1.807, 2.05) is 50.5 Å². The maximum atomic E-state index is 9.53. The normalized spacial score (nSPS) is 11.1. The van der Waals surface area contributed by atoms with Gasteiger partial charge in [-0.1, -0.05) is 18.2 Å². The van der Waals surface area contributed by atoms with Gasteiger partial charge in [-0.3, -0.25) is 4.68 Å². The Hall–Kier alpha value is -2.20. The largest absolute Gasteiger partial charge is 0.392 e. The third kappa shape index (κ3) is 2.00. The Morgan fingerprint density at radius 3 is 2.74 bits per heavy atom. The van der Waals surface area contributed by atoms with Crippen molar-refractivity contribution in [2.24, 2.45) is 7.05 Å². The van der Waals surface area contributed by atoms with Crippen molar-refractivity contribution in [3.63, 3.8) is 0 Å². The summed E-state index contributed by atoms with van der Waals surface area (Å²) in [6, 6.07) is 9.79. The molecule has 4 heteroatoms. The molecule has 0 spiro atoms. The first-order chi connectivity index (χ1) is 9.19. The van der Waals surface area contributed by atoms with Crippen molar-refractivity contribution in [1.29, 1.82) is 0 Å². The summed E-state index contributed by atoms with van der Waals surface area (Å²) in [6.07, 6.45) is 1.95. The van der Waals surface area contributed by atoms with Crippen molar-refractivity contribution >= 4 is 10.9 Å². The Labute approximate surface area is 111 Å². The van der Waals surface area contributed by atoms with Gasteiger partial charge in [-0.25, -0.2) is 4.98 Å². The van der Waals surface area contributed by atoms with Gasteiger partial charge in [0.05, 0.1) is 23.5 Å². The number of hydrogen-bond donors (Lipinski definition) is 1. The molecule has 96 valence electrons. The predicted molar refractivity (Wildman–Crippen MR) is 74.6 cm³/mol. The molecule has 1 aromatic carbocycles. The second kappa shape index (κ2) is 4.48. The van der Waals surface area contributed by atoms with Crippen LogP contribution >= 0.6 is 0 Å². The van der Waals surface area contributed by atoms with Gasteiger partial charge in [-0.15, -0.1) is 0 Å². The molecule has 0 radical (unpaired) electrons. The number of fused-ring (bicyclic) bond motifs is 1. The van der Waals surface area contributed by atoms with Gasteiger partial charge >= 0.3 is 0 Å². The smallest absolute Gasteiger partial charge is 0.0747 e. The fraction of sp³-hybridized carbons (Fsp3) is 0.200. The number of para-hydroxylation sites is 1. The summed E-state index contributed by atoms with van der Waals surface area (Å²) in [5, 5.41) is 14.9. The summed E-state index contributed by atoms with van der Waals surface area (Å²) in [5.41, 5.74) is 4.58. The van der Waals surface area contributed by atoms with Gasteiger partial charge in [-0.2, -0.15) is 5.10 Å². The molecule has 0 aliphatic heterocycles. The highest BCUT2D eigenvalue weighted by molar-refractivity contribution is 5.85. The maximum absolute atomic E-state index is 9.53. The van der Waals surface area contributed by atoms with Crippen LogP contribution in [0.3, 0.4) is 0 Å². The van der Waals surface area contributed by atoms with E-state index >= 15 is 0 Å². The standard InChI is InChI=1S/C15H15N3O/c1-10-13(8-18(2)17-10)15-7-11(9-19)12-5-3-4-6-14(12)16-15/h3-8,19H,9H2,1-2H3. The molecule has 3 aromatic rings. The predicted octanol–water partition coefficient (Wildman–Crippen LogP) is 2.44. The first-order valence-electron chi connectivity index (χ1n) is 6.19. The Morgan fingerprint density at radius 1 is 1.26 bits per heavy atom. The molecule has 19 heavy (non-hydrogen) atoms. The molecule has 0 atom stereocenters. The van der Waals surface area contributed by atoms with E-state index in [1.165, 1.54) is 0 Å². The molecule has 0 saturated carbocycles. The van der Waals surface area contributed by atoms with Crippen LogP contribution in [0.1, 0.15) is 11.3 Å². The summed E-state index contributed by atoms with van der Waals surface area (Å²) in [6.45, 7) is 1.97. The van der Waals surface area contributed by atoms with Crippen LogP contribution in [0.4, 0.5) is 0 Å². The number of aliphatic hydroxyl groups is 1. The number of hydrogen-bond acceptors (Lipinski definition) is 3. The summed E-state index contributed by atoms with van der Waals surface area (Å²) < 4.78 is 1.78. The molecule has 0 saturated heterocycles. The van der Waals surface area contributed by atoms with Gasteiger partial charge in [0.2, 0.25) is 0 Å². The fourth-order valence-corrected chi connectivity index (χ4v) is 2.37. The minimum Gasteiger partial charge on any atom is -0.392 e. The van der Waals surface area contributed by atoms with Gasteiger partial charge in [-0.05, 0) is 24.6 Å². The Bertz CT molecular complexity index is 746.